The normalized spacial score (nSPS) is 12.0. The molecule has 0 aromatic heterocycles. The SMILES string of the molecule is COc1cc(O)c(C(=O)C(c2ccc(O)cc2)C(OC)OC)c(OC)c1O. The van der Waals surface area contributed by atoms with E-state index in [-0.39, 0.29) is 22.8 Å². The molecule has 3 N–H and O–H groups in total. The predicted octanol–water partition coefficient (Wildman–Crippen LogP) is 2.41. The molecule has 146 valence electrons. The summed E-state index contributed by atoms with van der Waals surface area (Å²) in [5.41, 5.74) is 0.233. The lowest BCUT2D eigenvalue weighted by Gasteiger charge is -2.25. The maximum atomic E-state index is 13.3. The highest BCUT2D eigenvalue weighted by Gasteiger charge is 2.36. The molecule has 1 unspecified atom stereocenters. The van der Waals surface area contributed by atoms with E-state index in [4.69, 9.17) is 18.9 Å². The quantitative estimate of drug-likeness (QED) is 0.364. The molecule has 1 atom stereocenters. The first-order valence-corrected chi connectivity index (χ1v) is 7.95. The number of benzene rings is 2. The lowest BCUT2D eigenvalue weighted by molar-refractivity contribution is -0.110. The number of rotatable bonds is 8. The second-order valence-electron chi connectivity index (χ2n) is 5.63. The van der Waals surface area contributed by atoms with Gasteiger partial charge in [-0.1, -0.05) is 12.1 Å². The summed E-state index contributed by atoms with van der Waals surface area (Å²) < 4.78 is 20.6. The van der Waals surface area contributed by atoms with Crippen LogP contribution in [-0.2, 0) is 9.47 Å². The molecule has 0 bridgehead atoms. The highest BCUT2D eigenvalue weighted by atomic mass is 16.7. The zero-order chi connectivity index (χ0) is 20.1. The zero-order valence-corrected chi connectivity index (χ0v) is 15.4. The molecule has 0 aliphatic carbocycles. The molecule has 0 saturated carbocycles. The van der Waals surface area contributed by atoms with Crippen LogP contribution >= 0.6 is 0 Å². The first kappa shape index (κ1) is 20.3. The fourth-order valence-electron chi connectivity index (χ4n) is 2.84. The number of ether oxygens (including phenoxy) is 4. The Kier molecular flexibility index (Phi) is 6.49. The van der Waals surface area contributed by atoms with Crippen molar-refractivity contribution in [2.45, 2.75) is 12.2 Å². The zero-order valence-electron chi connectivity index (χ0n) is 15.4. The first-order chi connectivity index (χ1) is 12.9. The molecular weight excluding hydrogens is 356 g/mol. The molecule has 0 spiro atoms. The number of methoxy groups -OCH3 is 4. The minimum Gasteiger partial charge on any atom is -0.508 e. The highest BCUT2D eigenvalue weighted by molar-refractivity contribution is 6.06. The molecule has 8 nitrogen and oxygen atoms in total. The molecule has 0 amide bonds. The van der Waals surface area contributed by atoms with E-state index in [9.17, 15) is 20.1 Å². The van der Waals surface area contributed by atoms with E-state index in [1.54, 1.807) is 0 Å². The third-order valence-corrected chi connectivity index (χ3v) is 4.14. The van der Waals surface area contributed by atoms with Crippen LogP contribution in [0, 0.1) is 0 Å². The standard InChI is InChI=1S/C19H22O8/c1-24-13-9-12(21)15(18(25-2)16(13)22)17(23)14(19(26-3)27-4)10-5-7-11(20)8-6-10/h5-9,14,19-22H,1-4H3. The van der Waals surface area contributed by atoms with Crippen molar-refractivity contribution in [3.63, 3.8) is 0 Å². The van der Waals surface area contributed by atoms with Crippen molar-refractivity contribution in [2.24, 2.45) is 0 Å². The van der Waals surface area contributed by atoms with Gasteiger partial charge in [-0.2, -0.15) is 0 Å². The van der Waals surface area contributed by atoms with Crippen LogP contribution < -0.4 is 9.47 Å². The van der Waals surface area contributed by atoms with Gasteiger partial charge in [0, 0.05) is 20.3 Å². The minimum absolute atomic E-state index is 0.0267. The summed E-state index contributed by atoms with van der Waals surface area (Å²) >= 11 is 0. The number of aromatic hydroxyl groups is 3. The van der Waals surface area contributed by atoms with E-state index < -0.39 is 29.5 Å². The number of phenolic OH excluding ortho intramolecular Hbond substituents is 3. The molecule has 0 aliphatic rings. The summed E-state index contributed by atoms with van der Waals surface area (Å²) in [4.78, 5) is 13.3. The Hall–Kier alpha value is -2.97. The van der Waals surface area contributed by atoms with Gasteiger partial charge in [-0.3, -0.25) is 4.79 Å². The van der Waals surface area contributed by atoms with Crippen molar-refractivity contribution in [3.05, 3.63) is 41.5 Å². The Morgan fingerprint density at radius 2 is 1.52 bits per heavy atom. The van der Waals surface area contributed by atoms with Crippen molar-refractivity contribution in [3.8, 4) is 28.7 Å². The Morgan fingerprint density at radius 1 is 0.926 bits per heavy atom. The molecule has 0 aliphatic heterocycles. The van der Waals surface area contributed by atoms with Gasteiger partial charge in [0.15, 0.2) is 23.6 Å². The van der Waals surface area contributed by atoms with Crippen LogP contribution in [0.25, 0.3) is 0 Å². The molecule has 2 rings (SSSR count). The Morgan fingerprint density at radius 3 is 2.00 bits per heavy atom. The van der Waals surface area contributed by atoms with Gasteiger partial charge in [-0.15, -0.1) is 0 Å². The van der Waals surface area contributed by atoms with Gasteiger partial charge in [0.05, 0.1) is 20.1 Å². The highest BCUT2D eigenvalue weighted by Crippen LogP contribution is 2.46. The van der Waals surface area contributed by atoms with Gasteiger partial charge in [-0.25, -0.2) is 0 Å². The van der Waals surface area contributed by atoms with Crippen LogP contribution in [0.3, 0.4) is 0 Å². The maximum Gasteiger partial charge on any atom is 0.201 e. The second-order valence-corrected chi connectivity index (χ2v) is 5.63. The Labute approximate surface area is 156 Å². The summed E-state index contributed by atoms with van der Waals surface area (Å²) in [5.74, 6) is -2.71. The minimum atomic E-state index is -1.01. The Balaban J connectivity index is 2.65. The summed E-state index contributed by atoms with van der Waals surface area (Å²) in [6.07, 6.45) is -0.990. The van der Waals surface area contributed by atoms with Crippen molar-refractivity contribution >= 4 is 5.78 Å². The molecule has 2 aromatic carbocycles. The van der Waals surface area contributed by atoms with Crippen LogP contribution in [0.5, 0.6) is 28.7 Å². The van der Waals surface area contributed by atoms with Gasteiger partial charge >= 0.3 is 0 Å². The number of ketones is 1. The lowest BCUT2D eigenvalue weighted by atomic mass is 9.88. The number of carbonyl (C=O) groups excluding carboxylic acids is 1. The molecule has 0 heterocycles. The van der Waals surface area contributed by atoms with E-state index in [1.165, 1.54) is 52.7 Å². The van der Waals surface area contributed by atoms with Crippen LogP contribution in [-0.4, -0.2) is 55.8 Å². The fraction of sp³-hybridized carbons (Fsp3) is 0.316. The van der Waals surface area contributed by atoms with Crippen molar-refractivity contribution < 1.29 is 39.1 Å². The van der Waals surface area contributed by atoms with Crippen molar-refractivity contribution in [1.29, 1.82) is 0 Å². The molecule has 8 heteroatoms. The monoisotopic (exact) mass is 378 g/mol. The van der Waals surface area contributed by atoms with Gasteiger partial charge in [-0.05, 0) is 17.7 Å². The molecule has 27 heavy (non-hydrogen) atoms. The summed E-state index contributed by atoms with van der Waals surface area (Å²) in [6, 6.07) is 7.03. The lowest BCUT2D eigenvalue weighted by Crippen LogP contribution is -2.30. The summed E-state index contributed by atoms with van der Waals surface area (Å²) in [5, 5.41) is 30.2. The van der Waals surface area contributed by atoms with Gasteiger partial charge in [0.25, 0.3) is 0 Å². The number of Topliss-reactive ketones (excluding diaryl/α,β-unsaturated/α-hetero) is 1. The fourth-order valence-corrected chi connectivity index (χ4v) is 2.84. The topological polar surface area (TPSA) is 115 Å². The van der Waals surface area contributed by atoms with E-state index in [2.05, 4.69) is 0 Å². The van der Waals surface area contributed by atoms with Crippen LogP contribution in [0.2, 0.25) is 0 Å². The van der Waals surface area contributed by atoms with Gasteiger partial charge in [0.1, 0.15) is 17.1 Å². The van der Waals surface area contributed by atoms with Crippen molar-refractivity contribution in [2.75, 3.05) is 28.4 Å². The number of carbonyl (C=O) groups is 1. The smallest absolute Gasteiger partial charge is 0.201 e. The average molecular weight is 378 g/mol. The average Bonchev–Trinajstić information content (AvgIpc) is 2.67. The van der Waals surface area contributed by atoms with E-state index in [1.807, 2.05) is 0 Å². The molecule has 0 saturated heterocycles. The Bertz CT molecular complexity index is 796. The van der Waals surface area contributed by atoms with E-state index >= 15 is 0 Å². The number of hydrogen-bond acceptors (Lipinski definition) is 8. The largest absolute Gasteiger partial charge is 0.508 e. The van der Waals surface area contributed by atoms with Crippen LogP contribution in [0.15, 0.2) is 30.3 Å². The molecule has 0 fully saturated rings. The summed E-state index contributed by atoms with van der Waals surface area (Å²) in [7, 11) is 5.31. The number of phenols is 3. The van der Waals surface area contributed by atoms with Crippen LogP contribution in [0.1, 0.15) is 21.8 Å². The van der Waals surface area contributed by atoms with E-state index in [0.29, 0.717) is 5.56 Å². The second kappa shape index (κ2) is 8.61. The third kappa shape index (κ3) is 3.91. The van der Waals surface area contributed by atoms with Gasteiger partial charge in [0.2, 0.25) is 5.75 Å². The maximum absolute atomic E-state index is 13.3. The summed E-state index contributed by atoms with van der Waals surface area (Å²) in [6.45, 7) is 0. The molecular formula is C19H22O8. The molecule has 2 aromatic rings. The molecule has 0 radical (unpaired) electrons. The number of hydrogen-bond donors (Lipinski definition) is 3. The first-order valence-electron chi connectivity index (χ1n) is 7.95. The van der Waals surface area contributed by atoms with E-state index in [0.717, 1.165) is 6.07 Å². The van der Waals surface area contributed by atoms with Crippen LogP contribution in [0.4, 0.5) is 0 Å². The van der Waals surface area contributed by atoms with Gasteiger partial charge < -0.3 is 34.3 Å². The predicted molar refractivity (Wildman–Crippen MR) is 95.9 cm³/mol. The third-order valence-electron chi connectivity index (χ3n) is 4.14. The van der Waals surface area contributed by atoms with Crippen molar-refractivity contribution in [1.82, 2.24) is 0 Å².